The molecule has 3 heteroatoms. The molecular formula is C16H23ClO2. The van der Waals surface area contributed by atoms with Crippen molar-refractivity contribution in [2.24, 2.45) is 5.92 Å². The predicted octanol–water partition coefficient (Wildman–Crippen LogP) is 4.95. The lowest BCUT2D eigenvalue weighted by Crippen LogP contribution is -2.08. The van der Waals surface area contributed by atoms with E-state index in [-0.39, 0.29) is 5.38 Å². The number of halogens is 1. The highest BCUT2D eigenvalue weighted by Crippen LogP contribution is 2.42. The summed E-state index contributed by atoms with van der Waals surface area (Å²) in [5.41, 5.74) is 1.07. The second-order valence-corrected chi connectivity index (χ2v) is 5.73. The first kappa shape index (κ1) is 14.5. The fourth-order valence-corrected chi connectivity index (χ4v) is 3.33. The minimum atomic E-state index is 0.0168. The summed E-state index contributed by atoms with van der Waals surface area (Å²) in [4.78, 5) is 0. The van der Waals surface area contributed by atoms with Crippen molar-refractivity contribution in [2.75, 3.05) is 14.2 Å². The lowest BCUT2D eigenvalue weighted by atomic mass is 9.91. The molecule has 0 spiro atoms. The summed E-state index contributed by atoms with van der Waals surface area (Å²) in [6.45, 7) is 0. The maximum absolute atomic E-state index is 6.73. The molecule has 1 atom stereocenters. The Balaban J connectivity index is 2.22. The van der Waals surface area contributed by atoms with Crippen LogP contribution in [0.3, 0.4) is 0 Å². The minimum Gasteiger partial charge on any atom is -0.497 e. The molecule has 1 fully saturated rings. The fourth-order valence-electron chi connectivity index (χ4n) is 2.91. The third-order valence-corrected chi connectivity index (χ3v) is 4.64. The molecule has 0 radical (unpaired) electrons. The molecule has 0 N–H and O–H groups in total. The van der Waals surface area contributed by atoms with Crippen molar-refractivity contribution in [1.82, 2.24) is 0 Å². The predicted molar refractivity (Wildman–Crippen MR) is 79.3 cm³/mol. The highest BCUT2D eigenvalue weighted by Gasteiger charge is 2.25. The number of hydrogen-bond donors (Lipinski definition) is 0. The highest BCUT2D eigenvalue weighted by molar-refractivity contribution is 6.21. The van der Waals surface area contributed by atoms with Gasteiger partial charge in [0.05, 0.1) is 19.6 Å². The lowest BCUT2D eigenvalue weighted by Gasteiger charge is -2.23. The molecule has 0 aromatic heterocycles. The van der Waals surface area contributed by atoms with Crippen LogP contribution in [0.15, 0.2) is 18.2 Å². The van der Waals surface area contributed by atoms with Gasteiger partial charge in [0, 0.05) is 5.56 Å². The maximum atomic E-state index is 6.73. The van der Waals surface area contributed by atoms with E-state index in [1.807, 2.05) is 18.2 Å². The normalized spacial score (nSPS) is 18.7. The zero-order chi connectivity index (χ0) is 13.7. The van der Waals surface area contributed by atoms with Gasteiger partial charge in [-0.2, -0.15) is 0 Å². The van der Waals surface area contributed by atoms with Crippen molar-refractivity contribution >= 4 is 11.6 Å². The Bertz CT molecular complexity index is 398. The van der Waals surface area contributed by atoms with Gasteiger partial charge in [0.2, 0.25) is 0 Å². The Morgan fingerprint density at radius 1 is 1.05 bits per heavy atom. The molecule has 1 unspecified atom stereocenters. The summed E-state index contributed by atoms with van der Waals surface area (Å²) < 4.78 is 10.8. The van der Waals surface area contributed by atoms with Crippen molar-refractivity contribution in [1.29, 1.82) is 0 Å². The molecule has 0 saturated heterocycles. The molecule has 0 bridgehead atoms. The number of rotatable bonds is 4. The molecule has 0 heterocycles. The molecule has 0 amide bonds. The van der Waals surface area contributed by atoms with Gasteiger partial charge in [0.25, 0.3) is 0 Å². The van der Waals surface area contributed by atoms with Crippen LogP contribution in [-0.4, -0.2) is 14.2 Å². The summed E-state index contributed by atoms with van der Waals surface area (Å²) in [5.74, 6) is 2.25. The van der Waals surface area contributed by atoms with Crippen molar-refractivity contribution in [3.05, 3.63) is 23.8 Å². The third kappa shape index (κ3) is 3.56. The van der Waals surface area contributed by atoms with Crippen LogP contribution in [0.4, 0.5) is 0 Å². The van der Waals surface area contributed by atoms with E-state index in [2.05, 4.69) is 0 Å². The molecule has 1 saturated carbocycles. The molecule has 1 aromatic rings. The molecule has 1 aromatic carbocycles. The zero-order valence-corrected chi connectivity index (χ0v) is 12.6. The lowest BCUT2D eigenvalue weighted by molar-refractivity contribution is 0.385. The minimum absolute atomic E-state index is 0.0168. The van der Waals surface area contributed by atoms with Gasteiger partial charge < -0.3 is 9.47 Å². The van der Waals surface area contributed by atoms with E-state index in [4.69, 9.17) is 21.1 Å². The van der Waals surface area contributed by atoms with Crippen LogP contribution in [0, 0.1) is 5.92 Å². The average Bonchev–Trinajstić information content (AvgIpc) is 2.74. The van der Waals surface area contributed by atoms with E-state index in [0.717, 1.165) is 17.1 Å². The Labute approximate surface area is 121 Å². The molecule has 1 aliphatic rings. The van der Waals surface area contributed by atoms with E-state index >= 15 is 0 Å². The number of alkyl halides is 1. The Hall–Kier alpha value is -0.890. The first-order valence-electron chi connectivity index (χ1n) is 7.12. The molecule has 106 valence electrons. The van der Waals surface area contributed by atoms with Crippen molar-refractivity contribution in [3.8, 4) is 11.5 Å². The summed E-state index contributed by atoms with van der Waals surface area (Å²) in [5, 5.41) is 0.0168. The maximum Gasteiger partial charge on any atom is 0.123 e. The van der Waals surface area contributed by atoms with Gasteiger partial charge in [-0.25, -0.2) is 0 Å². The molecular weight excluding hydrogens is 260 g/mol. The van der Waals surface area contributed by atoms with E-state index in [0.29, 0.717) is 5.92 Å². The Morgan fingerprint density at radius 2 is 1.74 bits per heavy atom. The SMILES string of the molecule is COc1ccc(OC)c(C(Cl)C2CCCCCC2)c1. The Kier molecular flexibility index (Phi) is 5.38. The van der Waals surface area contributed by atoms with Crippen LogP contribution in [-0.2, 0) is 0 Å². The van der Waals surface area contributed by atoms with Crippen LogP contribution in [0.1, 0.15) is 49.5 Å². The zero-order valence-electron chi connectivity index (χ0n) is 11.8. The fraction of sp³-hybridized carbons (Fsp3) is 0.625. The molecule has 2 nitrogen and oxygen atoms in total. The van der Waals surface area contributed by atoms with E-state index in [1.165, 1.54) is 38.5 Å². The second kappa shape index (κ2) is 7.04. The quantitative estimate of drug-likeness (QED) is 0.574. The van der Waals surface area contributed by atoms with E-state index < -0.39 is 0 Å². The van der Waals surface area contributed by atoms with Crippen LogP contribution < -0.4 is 9.47 Å². The van der Waals surface area contributed by atoms with Crippen molar-refractivity contribution in [3.63, 3.8) is 0 Å². The van der Waals surface area contributed by atoms with Gasteiger partial charge >= 0.3 is 0 Å². The second-order valence-electron chi connectivity index (χ2n) is 5.26. The first-order valence-corrected chi connectivity index (χ1v) is 7.56. The third-order valence-electron chi connectivity index (χ3n) is 4.05. The number of methoxy groups -OCH3 is 2. The standard InChI is InChI=1S/C16H23ClO2/c1-18-13-9-10-15(19-2)14(11-13)16(17)12-7-5-3-4-6-8-12/h9-12,16H,3-8H2,1-2H3. The molecule has 0 aliphatic heterocycles. The molecule has 2 rings (SSSR count). The van der Waals surface area contributed by atoms with Gasteiger partial charge in [-0.1, -0.05) is 25.7 Å². The van der Waals surface area contributed by atoms with Crippen LogP contribution in [0.25, 0.3) is 0 Å². The van der Waals surface area contributed by atoms with Gasteiger partial charge in [-0.15, -0.1) is 11.6 Å². The topological polar surface area (TPSA) is 18.5 Å². The summed E-state index contributed by atoms with van der Waals surface area (Å²) in [6, 6.07) is 5.88. The Morgan fingerprint density at radius 3 is 2.32 bits per heavy atom. The highest BCUT2D eigenvalue weighted by atomic mass is 35.5. The summed E-state index contributed by atoms with van der Waals surface area (Å²) in [7, 11) is 3.38. The number of benzene rings is 1. The molecule has 1 aliphatic carbocycles. The van der Waals surface area contributed by atoms with Crippen LogP contribution >= 0.6 is 11.6 Å². The van der Waals surface area contributed by atoms with Gasteiger partial charge in [-0.05, 0) is 37.0 Å². The number of hydrogen-bond acceptors (Lipinski definition) is 2. The monoisotopic (exact) mass is 282 g/mol. The molecule has 19 heavy (non-hydrogen) atoms. The van der Waals surface area contributed by atoms with Gasteiger partial charge in [0.15, 0.2) is 0 Å². The summed E-state index contributed by atoms with van der Waals surface area (Å²) in [6.07, 6.45) is 7.70. The number of ether oxygens (including phenoxy) is 2. The smallest absolute Gasteiger partial charge is 0.123 e. The van der Waals surface area contributed by atoms with Crippen molar-refractivity contribution < 1.29 is 9.47 Å². The van der Waals surface area contributed by atoms with E-state index in [1.54, 1.807) is 14.2 Å². The van der Waals surface area contributed by atoms with E-state index in [9.17, 15) is 0 Å². The van der Waals surface area contributed by atoms with Gasteiger partial charge in [0.1, 0.15) is 11.5 Å². The van der Waals surface area contributed by atoms with Crippen LogP contribution in [0.5, 0.6) is 11.5 Å². The van der Waals surface area contributed by atoms with Crippen molar-refractivity contribution in [2.45, 2.75) is 43.9 Å². The summed E-state index contributed by atoms with van der Waals surface area (Å²) >= 11 is 6.73. The average molecular weight is 283 g/mol. The largest absolute Gasteiger partial charge is 0.497 e. The van der Waals surface area contributed by atoms with Gasteiger partial charge in [-0.3, -0.25) is 0 Å². The van der Waals surface area contributed by atoms with Crippen LogP contribution in [0.2, 0.25) is 0 Å². The first-order chi connectivity index (χ1) is 9.26.